The fraction of sp³-hybridized carbons (Fsp3) is 0.571. The summed E-state index contributed by atoms with van der Waals surface area (Å²) in [5, 5.41) is 6.71. The van der Waals surface area contributed by atoms with Gasteiger partial charge in [0.25, 0.3) is 11.5 Å². The molecule has 1 aliphatic rings. The third-order valence-electron chi connectivity index (χ3n) is 3.09. The maximum Gasteiger partial charge on any atom is 0.359 e. The Morgan fingerprint density at radius 2 is 2.19 bits per heavy atom. The molecule has 0 aliphatic heterocycles. The smallest absolute Gasteiger partial charge is 0.359 e. The molecule has 0 aromatic carbocycles. The first-order valence-electron chi connectivity index (χ1n) is 7.10. The number of hydrogen-bond acceptors (Lipinski definition) is 5. The number of nitrogens with one attached hydrogen (secondary N) is 1. The molecule has 7 nitrogen and oxygen atoms in total. The number of rotatable bonds is 6. The normalized spacial score (nSPS) is 15.3. The molecule has 0 radical (unpaired) electrons. The van der Waals surface area contributed by atoms with Gasteiger partial charge in [0.15, 0.2) is 11.8 Å². The van der Waals surface area contributed by atoms with Crippen molar-refractivity contribution in [3.8, 4) is 0 Å². The molecule has 21 heavy (non-hydrogen) atoms. The molecule has 114 valence electrons. The largest absolute Gasteiger partial charge is 0.448 e. The van der Waals surface area contributed by atoms with E-state index in [1.165, 1.54) is 23.7 Å². The second-order valence-electron chi connectivity index (χ2n) is 5.11. The number of carbonyl (C=O) groups excluding carboxylic acids is 2. The SMILES string of the molecule is CCCn1nc(C(=O)OC(C)C(=O)NC2CC2)ccc1=O. The third-order valence-corrected chi connectivity index (χ3v) is 3.09. The topological polar surface area (TPSA) is 90.3 Å². The molecule has 1 N–H and O–H groups in total. The molecular weight excluding hydrogens is 274 g/mol. The van der Waals surface area contributed by atoms with Gasteiger partial charge in [-0.1, -0.05) is 6.92 Å². The zero-order valence-electron chi connectivity index (χ0n) is 12.2. The first-order valence-corrected chi connectivity index (χ1v) is 7.10. The highest BCUT2D eigenvalue weighted by atomic mass is 16.5. The van der Waals surface area contributed by atoms with Gasteiger partial charge in [-0.05, 0) is 32.3 Å². The van der Waals surface area contributed by atoms with Crippen molar-refractivity contribution in [3.63, 3.8) is 0 Å². The fourth-order valence-corrected chi connectivity index (χ4v) is 1.75. The van der Waals surface area contributed by atoms with Gasteiger partial charge < -0.3 is 10.1 Å². The number of nitrogens with zero attached hydrogens (tertiary/aromatic N) is 2. The summed E-state index contributed by atoms with van der Waals surface area (Å²) in [6.45, 7) is 3.85. The van der Waals surface area contributed by atoms with E-state index in [0.717, 1.165) is 19.3 Å². The highest BCUT2D eigenvalue weighted by Crippen LogP contribution is 2.18. The molecule has 1 aliphatic carbocycles. The van der Waals surface area contributed by atoms with Crippen LogP contribution in [0.5, 0.6) is 0 Å². The summed E-state index contributed by atoms with van der Waals surface area (Å²) in [5.74, 6) is -1.02. The van der Waals surface area contributed by atoms with Crippen molar-refractivity contribution in [3.05, 3.63) is 28.2 Å². The number of aromatic nitrogens is 2. The van der Waals surface area contributed by atoms with Crippen LogP contribution in [0, 0.1) is 0 Å². The first-order chi connectivity index (χ1) is 10.0. The Bertz CT molecular complexity index is 592. The van der Waals surface area contributed by atoms with Crippen LogP contribution < -0.4 is 10.9 Å². The second kappa shape index (κ2) is 6.51. The zero-order valence-corrected chi connectivity index (χ0v) is 12.2. The van der Waals surface area contributed by atoms with Gasteiger partial charge in [0, 0.05) is 18.7 Å². The van der Waals surface area contributed by atoms with Crippen molar-refractivity contribution < 1.29 is 14.3 Å². The first kappa shape index (κ1) is 15.2. The van der Waals surface area contributed by atoms with E-state index in [1.54, 1.807) is 0 Å². The number of ether oxygens (including phenoxy) is 1. The van der Waals surface area contributed by atoms with Crippen molar-refractivity contribution in [1.29, 1.82) is 0 Å². The van der Waals surface area contributed by atoms with Crippen molar-refractivity contribution in [1.82, 2.24) is 15.1 Å². The van der Waals surface area contributed by atoms with Gasteiger partial charge in [-0.25, -0.2) is 9.48 Å². The Kier molecular flexibility index (Phi) is 4.72. The Hall–Kier alpha value is -2.18. The van der Waals surface area contributed by atoms with Gasteiger partial charge >= 0.3 is 5.97 Å². The maximum atomic E-state index is 11.9. The van der Waals surface area contributed by atoms with E-state index in [2.05, 4.69) is 10.4 Å². The summed E-state index contributed by atoms with van der Waals surface area (Å²) < 4.78 is 6.28. The maximum absolute atomic E-state index is 11.9. The van der Waals surface area contributed by atoms with E-state index >= 15 is 0 Å². The Morgan fingerprint density at radius 3 is 2.81 bits per heavy atom. The second-order valence-corrected chi connectivity index (χ2v) is 5.11. The van der Waals surface area contributed by atoms with E-state index in [9.17, 15) is 14.4 Å². The number of carbonyl (C=O) groups is 2. The summed E-state index contributed by atoms with van der Waals surface area (Å²) in [7, 11) is 0. The molecule has 2 rings (SSSR count). The number of esters is 1. The fourth-order valence-electron chi connectivity index (χ4n) is 1.75. The van der Waals surface area contributed by atoms with Crippen LogP contribution >= 0.6 is 0 Å². The lowest BCUT2D eigenvalue weighted by atomic mass is 10.3. The molecule has 1 aromatic heterocycles. The molecule has 7 heteroatoms. The molecular formula is C14H19N3O4. The van der Waals surface area contributed by atoms with Crippen LogP contribution in [0.2, 0.25) is 0 Å². The van der Waals surface area contributed by atoms with E-state index in [1.807, 2.05) is 6.92 Å². The van der Waals surface area contributed by atoms with Crippen LogP contribution in [0.4, 0.5) is 0 Å². The van der Waals surface area contributed by atoms with Crippen LogP contribution in [0.1, 0.15) is 43.6 Å². The van der Waals surface area contributed by atoms with Crippen molar-refractivity contribution in [2.45, 2.75) is 51.8 Å². The Labute approximate surface area is 122 Å². The summed E-state index contributed by atoms with van der Waals surface area (Å²) in [6.07, 6.45) is 1.78. The number of aryl methyl sites for hydroxylation is 1. The van der Waals surface area contributed by atoms with Gasteiger partial charge in [-0.3, -0.25) is 9.59 Å². The average Bonchev–Trinajstić information content (AvgIpc) is 3.25. The van der Waals surface area contributed by atoms with Crippen molar-refractivity contribution >= 4 is 11.9 Å². The van der Waals surface area contributed by atoms with Crippen molar-refractivity contribution in [2.24, 2.45) is 0 Å². The predicted molar refractivity (Wildman–Crippen MR) is 74.8 cm³/mol. The van der Waals surface area contributed by atoms with Gasteiger partial charge in [0.1, 0.15) is 0 Å². The molecule has 1 fully saturated rings. The Balaban J connectivity index is 2.00. The molecule has 1 amide bonds. The minimum atomic E-state index is -0.883. The third kappa shape index (κ3) is 4.14. The van der Waals surface area contributed by atoms with Gasteiger partial charge in [0.05, 0.1) is 0 Å². The molecule has 1 heterocycles. The van der Waals surface area contributed by atoms with E-state index in [0.29, 0.717) is 6.54 Å². The molecule has 0 saturated heterocycles. The van der Waals surface area contributed by atoms with Crippen molar-refractivity contribution in [2.75, 3.05) is 0 Å². The average molecular weight is 293 g/mol. The van der Waals surface area contributed by atoms with Gasteiger partial charge in [-0.2, -0.15) is 5.10 Å². The van der Waals surface area contributed by atoms with Gasteiger partial charge in [-0.15, -0.1) is 0 Å². The quantitative estimate of drug-likeness (QED) is 0.770. The highest BCUT2D eigenvalue weighted by Gasteiger charge is 2.27. The standard InChI is InChI=1S/C14H19N3O4/c1-3-8-17-12(18)7-6-11(16-17)14(20)21-9(2)13(19)15-10-4-5-10/h6-7,9-10H,3-5,8H2,1-2H3,(H,15,19). The molecule has 1 atom stereocenters. The van der Waals surface area contributed by atoms with Crippen LogP contribution in [0.3, 0.4) is 0 Å². The lowest BCUT2D eigenvalue weighted by Gasteiger charge is -2.13. The summed E-state index contributed by atoms with van der Waals surface area (Å²) in [5.41, 5.74) is -0.248. The monoisotopic (exact) mass is 293 g/mol. The minimum Gasteiger partial charge on any atom is -0.448 e. The summed E-state index contributed by atoms with van der Waals surface area (Å²) >= 11 is 0. The lowest BCUT2D eigenvalue weighted by Crippen LogP contribution is -2.37. The van der Waals surface area contributed by atoms with Gasteiger partial charge in [0.2, 0.25) is 0 Å². The zero-order chi connectivity index (χ0) is 15.4. The molecule has 0 spiro atoms. The highest BCUT2D eigenvalue weighted by molar-refractivity contribution is 5.90. The van der Waals surface area contributed by atoms with Crippen LogP contribution in [-0.2, 0) is 16.1 Å². The number of amides is 1. The van der Waals surface area contributed by atoms with E-state index in [-0.39, 0.29) is 23.2 Å². The molecule has 1 saturated carbocycles. The van der Waals surface area contributed by atoms with Crippen LogP contribution in [0.25, 0.3) is 0 Å². The summed E-state index contributed by atoms with van der Waals surface area (Å²) in [6, 6.07) is 2.79. The lowest BCUT2D eigenvalue weighted by molar-refractivity contribution is -0.129. The Morgan fingerprint density at radius 1 is 1.48 bits per heavy atom. The summed E-state index contributed by atoms with van der Waals surface area (Å²) in [4.78, 5) is 35.2. The molecule has 0 bridgehead atoms. The predicted octanol–water partition coefficient (Wildman–Crippen LogP) is 0.477. The molecule has 1 aromatic rings. The minimum absolute atomic E-state index is 0.0223. The van der Waals surface area contributed by atoms with E-state index in [4.69, 9.17) is 4.74 Å². The number of hydrogen-bond donors (Lipinski definition) is 1. The molecule has 1 unspecified atom stereocenters. The van der Waals surface area contributed by atoms with E-state index < -0.39 is 12.1 Å². The van der Waals surface area contributed by atoms with Crippen LogP contribution in [-0.4, -0.2) is 33.8 Å². The van der Waals surface area contributed by atoms with Crippen LogP contribution in [0.15, 0.2) is 16.9 Å².